The van der Waals surface area contributed by atoms with Gasteiger partial charge >= 0.3 is 0 Å². The van der Waals surface area contributed by atoms with Gasteiger partial charge in [0.2, 0.25) is 5.91 Å². The summed E-state index contributed by atoms with van der Waals surface area (Å²) in [6, 6.07) is 5.87. The molecule has 0 radical (unpaired) electrons. The van der Waals surface area contributed by atoms with E-state index in [9.17, 15) is 4.79 Å². The Balaban J connectivity index is 2.59. The van der Waals surface area contributed by atoms with Gasteiger partial charge in [-0.1, -0.05) is 28.9 Å². The lowest BCUT2D eigenvalue weighted by atomic mass is 10.1. The quantitative estimate of drug-likeness (QED) is 0.816. The minimum absolute atomic E-state index is 0.0309. The van der Waals surface area contributed by atoms with E-state index >= 15 is 0 Å². The van der Waals surface area contributed by atoms with Gasteiger partial charge in [0, 0.05) is 36.2 Å². The number of nitrogens with one attached hydrogen (secondary N) is 1. The highest BCUT2D eigenvalue weighted by molar-refractivity contribution is 9.10. The Labute approximate surface area is 117 Å². The average Bonchev–Trinajstić information content (AvgIpc) is 2.31. The molecule has 1 rings (SSSR count). The summed E-state index contributed by atoms with van der Waals surface area (Å²) < 4.78 is 0.977. The van der Waals surface area contributed by atoms with Crippen molar-refractivity contribution in [1.82, 2.24) is 10.2 Å². The lowest BCUT2D eigenvalue weighted by Gasteiger charge is -2.21. The third-order valence-corrected chi connectivity index (χ3v) is 3.32. The van der Waals surface area contributed by atoms with E-state index in [1.165, 1.54) is 0 Å². The zero-order valence-corrected chi connectivity index (χ0v) is 12.6. The number of amides is 1. The normalized spacial score (nSPS) is 12.5. The van der Waals surface area contributed by atoms with Crippen LogP contribution in [0.25, 0.3) is 0 Å². The zero-order chi connectivity index (χ0) is 13.7. The summed E-state index contributed by atoms with van der Waals surface area (Å²) in [6.07, 6.45) is 0. The molecule has 1 aromatic carbocycles. The number of benzene rings is 1. The summed E-state index contributed by atoms with van der Waals surface area (Å²) in [6.45, 7) is 3.36. The molecule has 100 valence electrons. The van der Waals surface area contributed by atoms with E-state index < -0.39 is 0 Å². The molecule has 0 aliphatic heterocycles. The van der Waals surface area contributed by atoms with Gasteiger partial charge in [0.05, 0.1) is 0 Å². The summed E-state index contributed by atoms with van der Waals surface area (Å²) >= 11 is 3.38. The maximum Gasteiger partial charge on any atom is 0.223 e. The first-order valence-corrected chi connectivity index (χ1v) is 6.67. The molecular formula is C13H20BrN3O. The second-order valence-corrected chi connectivity index (χ2v) is 5.47. The molecule has 1 atom stereocenters. The van der Waals surface area contributed by atoms with E-state index in [2.05, 4.69) is 26.1 Å². The SMILES string of the molecule is CNC(=O)C(C)CN(C)Cc1ccc(Br)cc1N. The smallest absolute Gasteiger partial charge is 0.223 e. The maximum absolute atomic E-state index is 11.4. The van der Waals surface area contributed by atoms with Crippen LogP contribution in [0.3, 0.4) is 0 Å². The molecule has 0 aliphatic rings. The fraction of sp³-hybridized carbons (Fsp3) is 0.462. The third kappa shape index (κ3) is 4.31. The monoisotopic (exact) mass is 313 g/mol. The standard InChI is InChI=1S/C13H20BrN3O/c1-9(13(18)16-2)7-17(3)8-10-4-5-11(14)6-12(10)15/h4-6,9H,7-8,15H2,1-3H3,(H,16,18). The van der Waals surface area contributed by atoms with Crippen LogP contribution in [-0.2, 0) is 11.3 Å². The molecule has 0 fully saturated rings. The summed E-state index contributed by atoms with van der Waals surface area (Å²) in [7, 11) is 3.65. The van der Waals surface area contributed by atoms with Gasteiger partial charge in [-0.05, 0) is 24.7 Å². The van der Waals surface area contributed by atoms with E-state index in [-0.39, 0.29) is 11.8 Å². The van der Waals surface area contributed by atoms with Gasteiger partial charge in [-0.25, -0.2) is 0 Å². The number of anilines is 1. The van der Waals surface area contributed by atoms with Gasteiger partial charge in [0.25, 0.3) is 0 Å². The molecule has 0 saturated heterocycles. The van der Waals surface area contributed by atoms with Crippen LogP contribution in [-0.4, -0.2) is 31.4 Å². The highest BCUT2D eigenvalue weighted by atomic mass is 79.9. The number of hydrogen-bond acceptors (Lipinski definition) is 3. The molecule has 18 heavy (non-hydrogen) atoms. The van der Waals surface area contributed by atoms with Crippen molar-refractivity contribution < 1.29 is 4.79 Å². The van der Waals surface area contributed by atoms with E-state index in [1.54, 1.807) is 7.05 Å². The van der Waals surface area contributed by atoms with Crippen LogP contribution in [0.1, 0.15) is 12.5 Å². The lowest BCUT2D eigenvalue weighted by Crippen LogP contribution is -2.34. The molecule has 0 heterocycles. The van der Waals surface area contributed by atoms with E-state index in [0.29, 0.717) is 6.54 Å². The molecule has 1 unspecified atom stereocenters. The Morgan fingerprint density at radius 2 is 2.22 bits per heavy atom. The Hall–Kier alpha value is -1.07. The Morgan fingerprint density at radius 1 is 1.56 bits per heavy atom. The Morgan fingerprint density at radius 3 is 2.78 bits per heavy atom. The maximum atomic E-state index is 11.4. The summed E-state index contributed by atoms with van der Waals surface area (Å²) in [5.41, 5.74) is 7.79. The van der Waals surface area contributed by atoms with Crippen LogP contribution >= 0.6 is 15.9 Å². The second kappa shape index (κ2) is 6.75. The predicted octanol–water partition coefficient (Wildman–Crippen LogP) is 1.85. The Kier molecular flexibility index (Phi) is 5.62. The predicted molar refractivity (Wildman–Crippen MR) is 78.1 cm³/mol. The van der Waals surface area contributed by atoms with Crippen molar-refractivity contribution in [1.29, 1.82) is 0 Å². The molecule has 5 heteroatoms. The Bertz CT molecular complexity index is 423. The minimum Gasteiger partial charge on any atom is -0.398 e. The van der Waals surface area contributed by atoms with Crippen molar-refractivity contribution >= 4 is 27.5 Å². The fourth-order valence-electron chi connectivity index (χ4n) is 1.86. The molecule has 3 N–H and O–H groups in total. The van der Waals surface area contributed by atoms with Crippen LogP contribution in [0.5, 0.6) is 0 Å². The zero-order valence-electron chi connectivity index (χ0n) is 11.0. The summed E-state index contributed by atoms with van der Waals surface area (Å²) in [4.78, 5) is 13.5. The van der Waals surface area contributed by atoms with Crippen LogP contribution < -0.4 is 11.1 Å². The van der Waals surface area contributed by atoms with Crippen molar-refractivity contribution in [3.63, 3.8) is 0 Å². The first-order chi connectivity index (χ1) is 8.43. The van der Waals surface area contributed by atoms with Crippen molar-refractivity contribution in [2.45, 2.75) is 13.5 Å². The molecule has 0 saturated carbocycles. The van der Waals surface area contributed by atoms with Crippen LogP contribution in [0.2, 0.25) is 0 Å². The van der Waals surface area contributed by atoms with Gasteiger partial charge in [0.1, 0.15) is 0 Å². The highest BCUT2D eigenvalue weighted by Crippen LogP contribution is 2.19. The van der Waals surface area contributed by atoms with E-state index in [4.69, 9.17) is 5.73 Å². The van der Waals surface area contributed by atoms with Gasteiger partial charge in [-0.2, -0.15) is 0 Å². The van der Waals surface area contributed by atoms with E-state index in [0.717, 1.165) is 22.3 Å². The van der Waals surface area contributed by atoms with Crippen molar-refractivity contribution in [2.75, 3.05) is 26.4 Å². The first kappa shape index (κ1) is 15.0. The second-order valence-electron chi connectivity index (χ2n) is 4.56. The average molecular weight is 314 g/mol. The summed E-state index contributed by atoms with van der Waals surface area (Å²) in [5.74, 6) is 0.0299. The van der Waals surface area contributed by atoms with Crippen molar-refractivity contribution in [3.05, 3.63) is 28.2 Å². The molecule has 0 aliphatic carbocycles. The van der Waals surface area contributed by atoms with Crippen LogP contribution in [0, 0.1) is 5.92 Å². The van der Waals surface area contributed by atoms with Gasteiger partial charge in [0.15, 0.2) is 0 Å². The van der Waals surface area contributed by atoms with E-state index in [1.807, 2.05) is 32.2 Å². The number of carbonyl (C=O) groups excluding carboxylic acids is 1. The molecule has 0 spiro atoms. The number of nitrogens with two attached hydrogens (primary N) is 1. The molecule has 1 aromatic rings. The van der Waals surface area contributed by atoms with Crippen molar-refractivity contribution in [3.8, 4) is 0 Å². The highest BCUT2D eigenvalue weighted by Gasteiger charge is 2.14. The van der Waals surface area contributed by atoms with Crippen LogP contribution in [0.4, 0.5) is 5.69 Å². The number of carbonyl (C=O) groups is 1. The lowest BCUT2D eigenvalue weighted by molar-refractivity contribution is -0.124. The van der Waals surface area contributed by atoms with Gasteiger partial charge in [-0.15, -0.1) is 0 Å². The molecule has 1 amide bonds. The van der Waals surface area contributed by atoms with Gasteiger partial charge in [-0.3, -0.25) is 4.79 Å². The molecule has 0 bridgehead atoms. The topological polar surface area (TPSA) is 58.4 Å². The van der Waals surface area contributed by atoms with Gasteiger partial charge < -0.3 is 16.0 Å². The number of rotatable bonds is 5. The summed E-state index contributed by atoms with van der Waals surface area (Å²) in [5, 5.41) is 2.66. The van der Waals surface area contributed by atoms with Crippen LogP contribution in [0.15, 0.2) is 22.7 Å². The fourth-order valence-corrected chi connectivity index (χ4v) is 2.24. The molecular weight excluding hydrogens is 294 g/mol. The number of hydrogen-bond donors (Lipinski definition) is 2. The molecule has 0 aromatic heterocycles. The third-order valence-electron chi connectivity index (χ3n) is 2.83. The first-order valence-electron chi connectivity index (χ1n) is 5.88. The largest absolute Gasteiger partial charge is 0.398 e. The van der Waals surface area contributed by atoms with Crippen molar-refractivity contribution in [2.24, 2.45) is 5.92 Å². The minimum atomic E-state index is -0.0309. The number of halogens is 1. The number of nitrogens with zero attached hydrogens (tertiary/aromatic N) is 1. The molecule has 4 nitrogen and oxygen atoms in total. The number of nitrogen functional groups attached to an aromatic ring is 1.